The number of nitrogens with two attached hydrogens (primary N) is 1. The van der Waals surface area contributed by atoms with Crippen LogP contribution in [0.2, 0.25) is 0 Å². The molecule has 2 aromatic heterocycles. The summed E-state index contributed by atoms with van der Waals surface area (Å²) in [6.07, 6.45) is 7.14. The van der Waals surface area contributed by atoms with Crippen LogP contribution in [0.5, 0.6) is 0 Å². The van der Waals surface area contributed by atoms with Crippen LogP contribution < -0.4 is 40.5 Å². The number of nitrogens with one attached hydrogen (secondary N) is 3. The first-order valence-electron chi connectivity index (χ1n) is 25.6. The molecule has 0 spiro atoms. The summed E-state index contributed by atoms with van der Waals surface area (Å²) >= 11 is 10.6. The van der Waals surface area contributed by atoms with Crippen LogP contribution in [-0.2, 0) is 39.5 Å². The van der Waals surface area contributed by atoms with Crippen molar-refractivity contribution in [2.75, 3.05) is 30.2 Å². The number of anilines is 5. The Balaban J connectivity index is 0. The fourth-order valence-corrected chi connectivity index (χ4v) is 11.4. The third kappa shape index (κ3) is 23.5. The standard InChI is InChI=1S/C19H24F2N2O2S.C18H22F2N2O2S.C12H21BrO3.C7H6F2N2S.Li.2H2O/c1-5-19(6-2,10-9-16(24)25-4)17-12(3)26-18(23-17)22-15-8-7-13(20)11-14(15)21;1-4-18(5-2,9-8-15(23)24)16-11(3)25-17(22-16)21-14-7-6-12(19)10-13(14)20;1-5-12(6-2,11(15)9(3)13)8-7-10(14)16-4;8-4-1-2-6(5(9)3-4)11-7(10)12;;;/h7-8,11H,5-6,9-10H2,1-4H3,(H,22,23);6-7,10H,4-5,8-9H2,1-3H3,(H,21,22)(H,23,24);9H,5-8H2,1-4H3;1-3H,(H3,10,11,12);;2*1H2/q;;;;+1;;/p-1. The molecule has 1 unspecified atom stereocenters. The van der Waals surface area contributed by atoms with E-state index in [-0.39, 0.29) is 91.8 Å². The number of thiazole rings is 2. The second-order valence-electron chi connectivity index (χ2n) is 18.4. The number of rotatable bonds is 24. The minimum atomic E-state index is -0.828. The Kier molecular flexibility index (Phi) is 36.5. The molecule has 0 saturated heterocycles. The number of ketones is 1. The molecule has 5 rings (SSSR count). The van der Waals surface area contributed by atoms with Crippen molar-refractivity contribution in [2.24, 2.45) is 11.1 Å². The van der Waals surface area contributed by atoms with Gasteiger partial charge in [0.2, 0.25) is 0 Å². The van der Waals surface area contributed by atoms with Gasteiger partial charge in [0.15, 0.2) is 21.2 Å². The number of carbonyl (C=O) groups excluding carboxylic acids is 3. The average Bonchev–Trinajstić information content (AvgIpc) is 3.98. The number of carboxylic acid groups (broad SMARTS) is 1. The van der Waals surface area contributed by atoms with E-state index in [0.717, 1.165) is 83.9 Å². The van der Waals surface area contributed by atoms with Gasteiger partial charge < -0.3 is 47.2 Å². The van der Waals surface area contributed by atoms with Gasteiger partial charge in [-0.25, -0.2) is 36.3 Å². The molecule has 0 amide bonds. The fraction of sp³-hybridized carbons (Fsp3) is 0.482. The Morgan fingerprint density at radius 2 is 0.988 bits per heavy atom. The molecule has 82 heavy (non-hydrogen) atoms. The maximum absolute atomic E-state index is 13.9. The molecular formula is C56H76BrF6LiN6O9S3. The topological polar surface area (TPSA) is 256 Å². The fourth-order valence-electron chi connectivity index (χ4n) is 8.86. The second-order valence-corrected chi connectivity index (χ2v) is 22.7. The normalized spacial score (nSPS) is 11.1. The first-order chi connectivity index (χ1) is 37.2. The minimum absolute atomic E-state index is 0. The number of thiocarbonyl (C=S) groups is 1. The molecule has 0 aliphatic rings. The molecule has 3 aromatic carbocycles. The maximum Gasteiger partial charge on any atom is 1.00 e. The number of carbonyl (C=O) groups is 4. The number of alkyl halides is 1. The molecule has 15 nitrogen and oxygen atoms in total. The molecule has 0 aliphatic heterocycles. The van der Waals surface area contributed by atoms with Crippen LogP contribution in [-0.4, -0.2) is 73.9 Å². The Morgan fingerprint density at radius 1 is 0.646 bits per heavy atom. The van der Waals surface area contributed by atoms with Crippen LogP contribution in [0.15, 0.2) is 54.6 Å². The van der Waals surface area contributed by atoms with E-state index in [0.29, 0.717) is 42.4 Å². The first kappa shape index (κ1) is 78.9. The van der Waals surface area contributed by atoms with E-state index in [1.165, 1.54) is 67.2 Å². The number of methoxy groups -OCH3 is 2. The predicted octanol–water partition coefficient (Wildman–Crippen LogP) is 11.6. The number of nitrogens with zero attached hydrogens (tertiary/aromatic N) is 2. The molecule has 26 heteroatoms. The summed E-state index contributed by atoms with van der Waals surface area (Å²) in [6, 6.07) is 9.81. The zero-order chi connectivity index (χ0) is 59.8. The van der Waals surface area contributed by atoms with Gasteiger partial charge in [0.05, 0.1) is 47.5 Å². The third-order valence-electron chi connectivity index (χ3n) is 14.0. The van der Waals surface area contributed by atoms with Crippen molar-refractivity contribution in [3.8, 4) is 0 Å². The van der Waals surface area contributed by atoms with Crippen molar-refractivity contribution in [3.63, 3.8) is 0 Å². The quantitative estimate of drug-likeness (QED) is 0.0127. The minimum Gasteiger partial charge on any atom is -0.870 e. The summed E-state index contributed by atoms with van der Waals surface area (Å²) in [5.41, 5.74) is 6.33. The van der Waals surface area contributed by atoms with Gasteiger partial charge >= 0.3 is 36.8 Å². The zero-order valence-corrected chi connectivity index (χ0v) is 52.5. The molecule has 0 aliphatic carbocycles. The number of Topliss-reactive ketones (excluding diaryl/α,β-unsaturated/α-hetero) is 1. The van der Waals surface area contributed by atoms with Crippen molar-refractivity contribution in [2.45, 2.75) is 155 Å². The van der Waals surface area contributed by atoms with Crippen molar-refractivity contribution in [3.05, 3.63) is 111 Å². The number of esters is 2. The zero-order valence-electron chi connectivity index (χ0n) is 48.4. The van der Waals surface area contributed by atoms with E-state index < -0.39 is 46.3 Å². The van der Waals surface area contributed by atoms with Crippen LogP contribution in [0.1, 0.15) is 147 Å². The van der Waals surface area contributed by atoms with Crippen molar-refractivity contribution in [1.29, 1.82) is 0 Å². The summed E-state index contributed by atoms with van der Waals surface area (Å²) in [4.78, 5) is 57.0. The number of ether oxygens (including phenoxy) is 2. The molecule has 452 valence electrons. The molecule has 2 heterocycles. The molecule has 0 fully saturated rings. The molecule has 5 aromatic rings. The largest absolute Gasteiger partial charge is 1.00 e. The summed E-state index contributed by atoms with van der Waals surface area (Å²) in [6.45, 7) is 17.9. The van der Waals surface area contributed by atoms with Crippen LogP contribution in [0.3, 0.4) is 0 Å². The van der Waals surface area contributed by atoms with Gasteiger partial charge in [-0.05, 0) is 127 Å². The molecule has 9 N–H and O–H groups in total. The number of aromatic nitrogens is 2. The molecule has 0 saturated carbocycles. The van der Waals surface area contributed by atoms with Gasteiger partial charge in [-0.3, -0.25) is 19.2 Å². The van der Waals surface area contributed by atoms with E-state index >= 15 is 0 Å². The number of aryl methyl sites for hydroxylation is 2. The molecular weight excluding hydrogens is 1200 g/mol. The number of halogens is 7. The summed E-state index contributed by atoms with van der Waals surface area (Å²) < 4.78 is 88.3. The number of hydrogen-bond acceptors (Lipinski definition) is 14. The van der Waals surface area contributed by atoms with E-state index in [1.807, 2.05) is 48.5 Å². The van der Waals surface area contributed by atoms with Gasteiger partial charge in [0, 0.05) is 63.5 Å². The Bertz CT molecular complexity index is 2820. The molecule has 0 radical (unpaired) electrons. The van der Waals surface area contributed by atoms with E-state index in [2.05, 4.69) is 72.7 Å². The Hall–Kier alpha value is -5.13. The molecule has 1 atom stereocenters. The molecule has 0 bridgehead atoms. The smallest absolute Gasteiger partial charge is 0.870 e. The van der Waals surface area contributed by atoms with E-state index in [9.17, 15) is 45.5 Å². The van der Waals surface area contributed by atoms with Gasteiger partial charge in [-0.15, -0.1) is 22.7 Å². The summed E-state index contributed by atoms with van der Waals surface area (Å²) in [7, 11) is 2.76. The van der Waals surface area contributed by atoms with Gasteiger partial charge in [-0.2, -0.15) is 0 Å². The third-order valence-corrected chi connectivity index (χ3v) is 16.3. The van der Waals surface area contributed by atoms with Crippen molar-refractivity contribution in [1.82, 2.24) is 9.97 Å². The number of hydrogen-bond donors (Lipinski definition) is 5. The van der Waals surface area contributed by atoms with Crippen LogP contribution in [0, 0.1) is 54.2 Å². The van der Waals surface area contributed by atoms with Crippen molar-refractivity contribution < 1.29 is 89.9 Å². The SMILES string of the molecule is CCC(CC)(CCC(=O)O)c1nc(Nc2ccc(F)cc2F)sc1C.CCC(CC)(CCC(=O)OC)C(=O)C(C)Br.CCC(CC)(CCC(=O)OC)c1nc(Nc2ccc(F)cc2F)sc1C.NC(=S)Nc1ccc(F)cc1F.O.[Li+].[OH-]. The second kappa shape index (κ2) is 37.9. The van der Waals surface area contributed by atoms with Gasteiger partial charge in [0.1, 0.15) is 34.9 Å². The average molecular weight is 1270 g/mol. The Morgan fingerprint density at radius 3 is 1.28 bits per heavy atom. The Labute approximate surface area is 510 Å². The van der Waals surface area contributed by atoms with Crippen LogP contribution in [0.4, 0.5) is 53.7 Å². The first-order valence-corrected chi connectivity index (χ1v) is 28.6. The predicted molar refractivity (Wildman–Crippen MR) is 316 cm³/mol. The van der Waals surface area contributed by atoms with Crippen LogP contribution >= 0.6 is 50.8 Å². The van der Waals surface area contributed by atoms with Crippen molar-refractivity contribution >= 4 is 107 Å². The summed E-state index contributed by atoms with van der Waals surface area (Å²) in [5, 5.41) is 18.2. The van der Waals surface area contributed by atoms with E-state index in [4.69, 9.17) is 15.6 Å². The number of benzene rings is 3. The van der Waals surface area contributed by atoms with E-state index in [1.54, 1.807) is 0 Å². The monoisotopic (exact) mass is 1270 g/mol. The number of aliphatic carboxylic acids is 1. The van der Waals surface area contributed by atoms with Gasteiger partial charge in [-0.1, -0.05) is 57.5 Å². The maximum atomic E-state index is 13.9. The van der Waals surface area contributed by atoms with Gasteiger partial charge in [0.25, 0.3) is 0 Å². The van der Waals surface area contributed by atoms with Crippen LogP contribution in [0.25, 0.3) is 0 Å². The number of carboxylic acids is 1. The summed E-state index contributed by atoms with van der Waals surface area (Å²) in [5.74, 6) is -5.10.